The van der Waals surface area contributed by atoms with Crippen LogP contribution in [0.4, 0.5) is 13.2 Å². The van der Waals surface area contributed by atoms with Crippen molar-refractivity contribution in [1.82, 2.24) is 0 Å². The van der Waals surface area contributed by atoms with Gasteiger partial charge >= 0.3 is 5.51 Å². The minimum atomic E-state index is -4.46. The number of halogens is 5. The van der Waals surface area contributed by atoms with Crippen molar-refractivity contribution in [2.75, 3.05) is 0 Å². The number of hydrogen-bond donors (Lipinski definition) is 1. The van der Waals surface area contributed by atoms with Crippen LogP contribution in [0.1, 0.15) is 0 Å². The molecule has 1 nitrogen and oxygen atoms in total. The SMILES string of the molecule is Oc1c(SC(F)(F)F)ccc(Cl)c1Cl. The maximum atomic E-state index is 11.9. The number of hydrogen-bond acceptors (Lipinski definition) is 2. The van der Waals surface area contributed by atoms with Gasteiger partial charge in [-0.2, -0.15) is 13.2 Å². The molecule has 1 aromatic rings. The van der Waals surface area contributed by atoms with Crippen LogP contribution in [0.25, 0.3) is 0 Å². The largest absolute Gasteiger partial charge is 0.505 e. The first kappa shape index (κ1) is 11.8. The van der Waals surface area contributed by atoms with E-state index in [0.717, 1.165) is 6.07 Å². The summed E-state index contributed by atoms with van der Waals surface area (Å²) in [5, 5.41) is 8.94. The Morgan fingerprint density at radius 3 is 2.29 bits per heavy atom. The van der Waals surface area contributed by atoms with E-state index < -0.39 is 23.0 Å². The van der Waals surface area contributed by atoms with Crippen LogP contribution in [0, 0.1) is 0 Å². The molecule has 0 fully saturated rings. The second kappa shape index (κ2) is 4.08. The molecule has 0 bridgehead atoms. The highest BCUT2D eigenvalue weighted by Crippen LogP contribution is 2.45. The zero-order valence-corrected chi connectivity index (χ0v) is 8.73. The predicted molar refractivity (Wildman–Crippen MR) is 50.0 cm³/mol. The van der Waals surface area contributed by atoms with Gasteiger partial charge in [0.2, 0.25) is 0 Å². The molecule has 0 unspecified atom stereocenters. The summed E-state index contributed by atoms with van der Waals surface area (Å²) in [5.74, 6) is -0.651. The Labute approximate surface area is 91.8 Å². The van der Waals surface area contributed by atoms with Gasteiger partial charge in [-0.3, -0.25) is 0 Å². The van der Waals surface area contributed by atoms with Crippen molar-refractivity contribution >= 4 is 35.0 Å². The summed E-state index contributed by atoms with van der Waals surface area (Å²) in [7, 11) is 0. The van der Waals surface area contributed by atoms with E-state index in [1.165, 1.54) is 6.07 Å². The molecule has 0 heterocycles. The lowest BCUT2D eigenvalue weighted by molar-refractivity contribution is -0.0328. The average molecular weight is 263 g/mol. The Kier molecular flexibility index (Phi) is 3.44. The van der Waals surface area contributed by atoms with Gasteiger partial charge in [0.05, 0.1) is 9.92 Å². The van der Waals surface area contributed by atoms with E-state index in [-0.39, 0.29) is 14.9 Å². The molecular formula is C7H3Cl2F3OS. The first-order valence-electron chi connectivity index (χ1n) is 3.24. The van der Waals surface area contributed by atoms with Crippen LogP contribution in [-0.2, 0) is 0 Å². The predicted octanol–water partition coefficient (Wildman–Crippen LogP) is 4.31. The van der Waals surface area contributed by atoms with Crippen molar-refractivity contribution in [3.05, 3.63) is 22.2 Å². The zero-order valence-electron chi connectivity index (χ0n) is 6.40. The maximum absolute atomic E-state index is 11.9. The Bertz CT molecular complexity index is 354. The van der Waals surface area contributed by atoms with E-state index in [0.29, 0.717) is 0 Å². The summed E-state index contributed by atoms with van der Waals surface area (Å²) in [5.41, 5.74) is -4.46. The Hall–Kier alpha value is -0.260. The third-order valence-corrected chi connectivity index (χ3v) is 2.83. The van der Waals surface area contributed by atoms with E-state index >= 15 is 0 Å². The van der Waals surface area contributed by atoms with Crippen LogP contribution in [0.2, 0.25) is 10.0 Å². The lowest BCUT2D eigenvalue weighted by Crippen LogP contribution is -1.99. The van der Waals surface area contributed by atoms with Crippen molar-refractivity contribution in [2.24, 2.45) is 0 Å². The van der Waals surface area contributed by atoms with Gasteiger partial charge in [-0.05, 0) is 23.9 Å². The van der Waals surface area contributed by atoms with Gasteiger partial charge in [-0.25, -0.2) is 0 Å². The summed E-state index contributed by atoms with van der Waals surface area (Å²) in [6.07, 6.45) is 0. The lowest BCUT2D eigenvalue weighted by Gasteiger charge is -2.08. The molecule has 0 saturated carbocycles. The fourth-order valence-electron chi connectivity index (χ4n) is 0.729. The molecule has 0 aliphatic carbocycles. The highest BCUT2D eigenvalue weighted by Gasteiger charge is 2.31. The number of phenols is 1. The average Bonchev–Trinajstić information content (AvgIpc) is 2.04. The highest BCUT2D eigenvalue weighted by atomic mass is 35.5. The number of aromatic hydroxyl groups is 1. The number of phenolic OH excluding ortho intramolecular Hbond substituents is 1. The monoisotopic (exact) mass is 262 g/mol. The van der Waals surface area contributed by atoms with Crippen molar-refractivity contribution in [3.8, 4) is 5.75 Å². The fraction of sp³-hybridized carbons (Fsp3) is 0.143. The summed E-state index contributed by atoms with van der Waals surface area (Å²) >= 11 is 10.5. The standard InChI is InChI=1S/C7H3Cl2F3OS/c8-3-1-2-4(6(13)5(3)9)14-7(10,11)12/h1-2,13H. The highest BCUT2D eigenvalue weighted by molar-refractivity contribution is 8.00. The first-order valence-corrected chi connectivity index (χ1v) is 4.81. The van der Waals surface area contributed by atoms with Crippen LogP contribution in [0.3, 0.4) is 0 Å². The fourth-order valence-corrected chi connectivity index (χ4v) is 1.69. The first-order chi connectivity index (χ1) is 6.31. The molecular weight excluding hydrogens is 260 g/mol. The molecule has 0 amide bonds. The van der Waals surface area contributed by atoms with Gasteiger partial charge in [-0.1, -0.05) is 23.2 Å². The second-order valence-corrected chi connectivity index (χ2v) is 4.15. The zero-order chi connectivity index (χ0) is 10.9. The molecule has 1 aromatic carbocycles. The molecule has 0 spiro atoms. The van der Waals surface area contributed by atoms with Crippen molar-refractivity contribution in [3.63, 3.8) is 0 Å². The third-order valence-electron chi connectivity index (χ3n) is 1.26. The van der Waals surface area contributed by atoms with Crippen molar-refractivity contribution in [1.29, 1.82) is 0 Å². The molecule has 1 rings (SSSR count). The van der Waals surface area contributed by atoms with Gasteiger partial charge in [0.25, 0.3) is 0 Å². The molecule has 7 heteroatoms. The molecule has 14 heavy (non-hydrogen) atoms. The molecule has 78 valence electrons. The summed E-state index contributed by atoms with van der Waals surface area (Å²) in [4.78, 5) is -0.369. The van der Waals surface area contributed by atoms with Crippen LogP contribution in [0.15, 0.2) is 17.0 Å². The quantitative estimate of drug-likeness (QED) is 0.762. The maximum Gasteiger partial charge on any atom is 0.446 e. The molecule has 0 aromatic heterocycles. The van der Waals surface area contributed by atoms with E-state index in [2.05, 4.69) is 0 Å². The Balaban J connectivity index is 3.06. The van der Waals surface area contributed by atoms with E-state index in [9.17, 15) is 18.3 Å². The van der Waals surface area contributed by atoms with Crippen LogP contribution in [0.5, 0.6) is 5.75 Å². The Morgan fingerprint density at radius 2 is 1.79 bits per heavy atom. The Morgan fingerprint density at radius 1 is 1.21 bits per heavy atom. The lowest BCUT2D eigenvalue weighted by atomic mass is 10.3. The van der Waals surface area contributed by atoms with Crippen LogP contribution >= 0.6 is 35.0 Å². The normalized spacial score (nSPS) is 11.8. The van der Waals surface area contributed by atoms with Crippen molar-refractivity contribution < 1.29 is 18.3 Å². The van der Waals surface area contributed by atoms with E-state index in [4.69, 9.17) is 23.2 Å². The molecule has 0 aliphatic rings. The summed E-state index contributed by atoms with van der Waals surface area (Å²) < 4.78 is 35.8. The molecule has 0 saturated heterocycles. The second-order valence-electron chi connectivity index (χ2n) is 2.26. The van der Waals surface area contributed by atoms with Crippen LogP contribution < -0.4 is 0 Å². The molecule has 0 aliphatic heterocycles. The molecule has 1 N–H and O–H groups in total. The van der Waals surface area contributed by atoms with Gasteiger partial charge in [0.1, 0.15) is 10.8 Å². The third kappa shape index (κ3) is 2.87. The molecule has 0 radical (unpaired) electrons. The van der Waals surface area contributed by atoms with Gasteiger partial charge in [0, 0.05) is 0 Å². The van der Waals surface area contributed by atoms with Crippen molar-refractivity contribution in [2.45, 2.75) is 10.4 Å². The minimum Gasteiger partial charge on any atom is -0.505 e. The number of alkyl halides is 3. The van der Waals surface area contributed by atoms with Gasteiger partial charge in [-0.15, -0.1) is 0 Å². The van der Waals surface area contributed by atoms with Gasteiger partial charge in [0.15, 0.2) is 0 Å². The topological polar surface area (TPSA) is 20.2 Å². The van der Waals surface area contributed by atoms with E-state index in [1.807, 2.05) is 0 Å². The molecule has 0 atom stereocenters. The smallest absolute Gasteiger partial charge is 0.446 e. The minimum absolute atomic E-state index is 0.00990. The van der Waals surface area contributed by atoms with E-state index in [1.54, 1.807) is 0 Å². The summed E-state index contributed by atoms with van der Waals surface area (Å²) in [6.45, 7) is 0. The number of thioether (sulfide) groups is 1. The van der Waals surface area contributed by atoms with Gasteiger partial charge < -0.3 is 5.11 Å². The number of benzene rings is 1. The van der Waals surface area contributed by atoms with Crippen LogP contribution in [-0.4, -0.2) is 10.6 Å². The summed E-state index contributed by atoms with van der Waals surface area (Å²) in [6, 6.07) is 2.25. The number of rotatable bonds is 1.